The van der Waals surface area contributed by atoms with E-state index in [4.69, 9.17) is 9.84 Å². The molecule has 0 radical (unpaired) electrons. The zero-order valence-corrected chi connectivity index (χ0v) is 19.0. The van der Waals surface area contributed by atoms with E-state index in [-0.39, 0.29) is 24.5 Å². The molecule has 0 saturated carbocycles. The Hall–Kier alpha value is -2.90. The summed E-state index contributed by atoms with van der Waals surface area (Å²) < 4.78 is 7.03. The zero-order valence-electron chi connectivity index (χ0n) is 19.0. The second kappa shape index (κ2) is 10.6. The smallest absolute Gasteiger partial charge is 0.349 e. The van der Waals surface area contributed by atoms with Crippen LogP contribution in [0.5, 0.6) is 0 Å². The zero-order chi connectivity index (χ0) is 24.2. The number of nitrogens with zero attached hydrogens (tertiary/aromatic N) is 4. The number of hydrogen-bond acceptors (Lipinski definition) is 10. The number of benzene rings is 1. The van der Waals surface area contributed by atoms with Gasteiger partial charge in [-0.05, 0) is 31.0 Å². The van der Waals surface area contributed by atoms with Crippen LogP contribution in [0.15, 0.2) is 21.7 Å². The van der Waals surface area contributed by atoms with Crippen molar-refractivity contribution in [2.75, 3.05) is 51.3 Å². The van der Waals surface area contributed by atoms with Crippen LogP contribution >= 0.6 is 0 Å². The third kappa shape index (κ3) is 5.26. The molecule has 0 spiro atoms. The first kappa shape index (κ1) is 24.2. The van der Waals surface area contributed by atoms with E-state index in [0.717, 1.165) is 50.6 Å². The van der Waals surface area contributed by atoms with Crippen LogP contribution in [0.3, 0.4) is 0 Å². The van der Waals surface area contributed by atoms with Crippen molar-refractivity contribution in [3.05, 3.63) is 38.5 Å². The maximum absolute atomic E-state index is 12.4. The van der Waals surface area contributed by atoms with Crippen molar-refractivity contribution in [1.82, 2.24) is 24.4 Å². The van der Waals surface area contributed by atoms with Gasteiger partial charge in [0.25, 0.3) is 5.56 Å². The lowest BCUT2D eigenvalue weighted by Gasteiger charge is -2.27. The summed E-state index contributed by atoms with van der Waals surface area (Å²) in [5.74, 6) is 0.0926. The molecule has 3 heterocycles. The summed E-state index contributed by atoms with van der Waals surface area (Å²) in [6.07, 6.45) is -2.43. The van der Waals surface area contributed by atoms with Crippen molar-refractivity contribution in [2.24, 2.45) is 0 Å². The van der Waals surface area contributed by atoms with E-state index in [1.807, 2.05) is 19.1 Å². The number of aromatic amines is 1. The first-order valence-electron chi connectivity index (χ1n) is 11.3. The Labute approximate surface area is 195 Å². The fourth-order valence-corrected chi connectivity index (χ4v) is 4.11. The predicted molar refractivity (Wildman–Crippen MR) is 125 cm³/mol. The number of hydrogen-bond donors (Lipinski definition) is 5. The van der Waals surface area contributed by atoms with Crippen molar-refractivity contribution >= 4 is 16.7 Å². The van der Waals surface area contributed by atoms with Crippen LogP contribution in [-0.4, -0.2) is 97.9 Å². The Morgan fingerprint density at radius 2 is 1.91 bits per heavy atom. The van der Waals surface area contributed by atoms with Crippen LogP contribution in [0.4, 0.5) is 5.69 Å². The molecule has 0 aliphatic carbocycles. The molecule has 4 rings (SSSR count). The van der Waals surface area contributed by atoms with Crippen LogP contribution < -0.4 is 16.6 Å². The first-order chi connectivity index (χ1) is 16.4. The average molecular weight is 475 g/mol. The third-order valence-corrected chi connectivity index (χ3v) is 6.08. The largest absolute Gasteiger partial charge is 0.394 e. The SMILES string of the molecule is Cc1cc2nc3c(=O)[nH]c(=O)nc-3n(CCC(O)C(O)CO)c2cc1NCCN1CCOCC1. The molecule has 5 N–H and O–H groups in total. The molecule has 3 aliphatic rings. The summed E-state index contributed by atoms with van der Waals surface area (Å²) >= 11 is 0. The van der Waals surface area contributed by atoms with E-state index in [1.165, 1.54) is 0 Å². The maximum Gasteiger partial charge on any atom is 0.349 e. The molecule has 0 amide bonds. The van der Waals surface area contributed by atoms with Gasteiger partial charge in [-0.2, -0.15) is 4.98 Å². The number of aromatic nitrogens is 4. The van der Waals surface area contributed by atoms with Gasteiger partial charge in [0.2, 0.25) is 0 Å². The molecule has 1 aromatic carbocycles. The molecule has 12 nitrogen and oxygen atoms in total. The number of fused-ring (bicyclic) bond motifs is 2. The van der Waals surface area contributed by atoms with Crippen LogP contribution in [-0.2, 0) is 11.3 Å². The summed E-state index contributed by atoms with van der Waals surface area (Å²) in [7, 11) is 0. The molecule has 184 valence electrons. The van der Waals surface area contributed by atoms with Crippen LogP contribution in [0, 0.1) is 6.92 Å². The number of anilines is 1. The van der Waals surface area contributed by atoms with Crippen molar-refractivity contribution in [2.45, 2.75) is 32.1 Å². The van der Waals surface area contributed by atoms with Crippen molar-refractivity contribution < 1.29 is 20.1 Å². The van der Waals surface area contributed by atoms with E-state index in [9.17, 15) is 19.8 Å². The highest BCUT2D eigenvalue weighted by atomic mass is 16.5. The van der Waals surface area contributed by atoms with Gasteiger partial charge in [-0.3, -0.25) is 14.7 Å². The Bertz CT molecular complexity index is 1220. The molecule has 34 heavy (non-hydrogen) atoms. The second-order valence-electron chi connectivity index (χ2n) is 8.45. The molecule has 2 unspecified atom stereocenters. The van der Waals surface area contributed by atoms with Gasteiger partial charge < -0.3 is 29.9 Å². The van der Waals surface area contributed by atoms with E-state index in [2.05, 4.69) is 25.2 Å². The number of aryl methyl sites for hydroxylation is 2. The quantitative estimate of drug-likeness (QED) is 0.236. The molecular weight excluding hydrogens is 444 g/mol. The van der Waals surface area contributed by atoms with E-state index in [0.29, 0.717) is 11.0 Å². The minimum Gasteiger partial charge on any atom is -0.394 e. The van der Waals surface area contributed by atoms with Crippen molar-refractivity contribution in [1.29, 1.82) is 0 Å². The topological polar surface area (TPSA) is 166 Å². The van der Waals surface area contributed by atoms with Gasteiger partial charge in [0.1, 0.15) is 6.10 Å². The number of H-pyrrole nitrogens is 1. The Morgan fingerprint density at radius 3 is 2.65 bits per heavy atom. The molecule has 12 heteroatoms. The number of aliphatic hydroxyl groups is 3. The van der Waals surface area contributed by atoms with Gasteiger partial charge in [0, 0.05) is 38.4 Å². The summed E-state index contributed by atoms with van der Waals surface area (Å²) in [4.78, 5) is 37.2. The van der Waals surface area contributed by atoms with Gasteiger partial charge in [0.15, 0.2) is 11.5 Å². The first-order valence-corrected chi connectivity index (χ1v) is 11.3. The lowest BCUT2D eigenvalue weighted by molar-refractivity contribution is -0.0191. The maximum atomic E-state index is 12.4. The summed E-state index contributed by atoms with van der Waals surface area (Å²) in [5, 5.41) is 32.5. The molecular formula is C22H30N6O6. The van der Waals surface area contributed by atoms with E-state index >= 15 is 0 Å². The molecule has 3 aliphatic heterocycles. The summed E-state index contributed by atoms with van der Waals surface area (Å²) in [6.45, 7) is 6.34. The molecule has 2 atom stereocenters. The minimum atomic E-state index is -1.30. The highest BCUT2D eigenvalue weighted by Crippen LogP contribution is 2.27. The van der Waals surface area contributed by atoms with E-state index < -0.39 is 30.1 Å². The number of ether oxygens (including phenoxy) is 1. The van der Waals surface area contributed by atoms with Crippen LogP contribution in [0.2, 0.25) is 0 Å². The molecule has 1 fully saturated rings. The van der Waals surface area contributed by atoms with Crippen molar-refractivity contribution in [3.8, 4) is 11.5 Å². The normalized spacial score (nSPS) is 16.7. The second-order valence-corrected chi connectivity index (χ2v) is 8.45. The number of aliphatic hydroxyl groups excluding tert-OH is 3. The average Bonchev–Trinajstić information content (AvgIpc) is 2.82. The minimum absolute atomic E-state index is 0.0109. The molecule has 0 aromatic heterocycles. The highest BCUT2D eigenvalue weighted by molar-refractivity contribution is 5.84. The molecule has 1 saturated heterocycles. The molecule has 1 aromatic rings. The Kier molecular flexibility index (Phi) is 7.54. The monoisotopic (exact) mass is 474 g/mol. The number of rotatable bonds is 9. The fourth-order valence-electron chi connectivity index (χ4n) is 4.11. The third-order valence-electron chi connectivity index (χ3n) is 6.08. The predicted octanol–water partition coefficient (Wildman–Crippen LogP) is -1.26. The van der Waals surface area contributed by atoms with Gasteiger partial charge in [-0.1, -0.05) is 0 Å². The fraction of sp³-hybridized carbons (Fsp3) is 0.545. The Balaban J connectivity index is 1.70. The standard InChI is InChI=1S/C22H30N6O6/c1-13-10-15-16(11-14(13)23-3-5-27-6-8-34-9-7-27)28(4-2-17(30)18(31)12-29)20-19(24-15)21(32)26-22(33)25-20/h10-11,17-18,23,29-31H,2-9,12H2,1H3,(H,26,32,33). The van der Waals surface area contributed by atoms with Gasteiger partial charge >= 0.3 is 5.69 Å². The highest BCUT2D eigenvalue weighted by Gasteiger charge is 2.22. The van der Waals surface area contributed by atoms with Crippen molar-refractivity contribution in [3.63, 3.8) is 0 Å². The van der Waals surface area contributed by atoms with Crippen LogP contribution in [0.25, 0.3) is 22.6 Å². The van der Waals surface area contributed by atoms with E-state index in [1.54, 1.807) is 4.57 Å². The van der Waals surface area contributed by atoms with Gasteiger partial charge in [-0.15, -0.1) is 0 Å². The number of morpholine rings is 1. The van der Waals surface area contributed by atoms with Gasteiger partial charge in [0.05, 0.1) is 37.0 Å². The Morgan fingerprint density at radius 1 is 1.15 bits per heavy atom. The summed E-state index contributed by atoms with van der Waals surface area (Å²) in [5.41, 5.74) is 1.54. The summed E-state index contributed by atoms with van der Waals surface area (Å²) in [6, 6.07) is 3.74. The molecule has 0 bridgehead atoms. The van der Waals surface area contributed by atoms with Gasteiger partial charge in [-0.25, -0.2) is 9.78 Å². The lowest BCUT2D eigenvalue weighted by Crippen LogP contribution is -2.39. The number of nitrogens with one attached hydrogen (secondary N) is 2. The van der Waals surface area contributed by atoms with Crippen LogP contribution in [0.1, 0.15) is 12.0 Å². The lowest BCUT2D eigenvalue weighted by atomic mass is 10.1.